The largest absolute Gasteiger partial charge is 0.469 e. The van der Waals surface area contributed by atoms with E-state index in [1.165, 1.54) is 31.4 Å². The Morgan fingerprint density at radius 1 is 1.27 bits per heavy atom. The Labute approximate surface area is 129 Å². The number of benzene rings is 1. The Morgan fingerprint density at radius 3 is 2.41 bits per heavy atom. The molecule has 0 unspecified atom stereocenters. The van der Waals surface area contributed by atoms with Gasteiger partial charge in [-0.2, -0.15) is 0 Å². The van der Waals surface area contributed by atoms with Crippen LogP contribution in [0.1, 0.15) is 19.8 Å². The number of amides is 1. The van der Waals surface area contributed by atoms with Crippen LogP contribution in [0.25, 0.3) is 0 Å². The number of anilines is 1. The van der Waals surface area contributed by atoms with Crippen LogP contribution in [0.2, 0.25) is 0 Å². The number of hydrogen-bond acceptors (Lipinski definition) is 4. The van der Waals surface area contributed by atoms with Crippen LogP contribution in [0.4, 0.5) is 10.1 Å². The van der Waals surface area contributed by atoms with Crippen molar-refractivity contribution in [3.05, 3.63) is 30.1 Å². The van der Waals surface area contributed by atoms with E-state index in [2.05, 4.69) is 5.32 Å². The highest BCUT2D eigenvalue weighted by atomic mass is 19.1. The second-order valence-corrected chi connectivity index (χ2v) is 5.51. The van der Waals surface area contributed by atoms with Crippen molar-refractivity contribution in [2.75, 3.05) is 25.5 Å². The number of carbonyl (C=O) groups excluding carboxylic acids is 2. The first-order chi connectivity index (χ1) is 10.5. The summed E-state index contributed by atoms with van der Waals surface area (Å²) in [6.07, 6.45) is 1.39. The van der Waals surface area contributed by atoms with Crippen LogP contribution in [0.15, 0.2) is 24.3 Å². The third-order valence-corrected chi connectivity index (χ3v) is 4.10. The summed E-state index contributed by atoms with van der Waals surface area (Å²) in [5.41, 5.74) is 0.572. The summed E-state index contributed by atoms with van der Waals surface area (Å²) >= 11 is 0. The normalized spacial score (nSPS) is 17.8. The summed E-state index contributed by atoms with van der Waals surface area (Å²) in [5.74, 6) is -0.726. The van der Waals surface area contributed by atoms with E-state index in [1.807, 2.05) is 11.8 Å². The molecule has 1 N–H and O–H groups in total. The summed E-state index contributed by atoms with van der Waals surface area (Å²) in [4.78, 5) is 25.8. The van der Waals surface area contributed by atoms with Gasteiger partial charge in [0.25, 0.3) is 0 Å². The van der Waals surface area contributed by atoms with Gasteiger partial charge < -0.3 is 10.1 Å². The summed E-state index contributed by atoms with van der Waals surface area (Å²) < 4.78 is 17.6. The molecule has 6 heteroatoms. The van der Waals surface area contributed by atoms with Crippen molar-refractivity contribution in [3.8, 4) is 0 Å². The van der Waals surface area contributed by atoms with Gasteiger partial charge in [-0.05, 0) is 57.1 Å². The van der Waals surface area contributed by atoms with Crippen molar-refractivity contribution in [1.29, 1.82) is 0 Å². The fraction of sp³-hybridized carbons (Fsp3) is 0.500. The maximum Gasteiger partial charge on any atom is 0.308 e. The van der Waals surface area contributed by atoms with E-state index < -0.39 is 0 Å². The Balaban J connectivity index is 1.86. The van der Waals surface area contributed by atoms with Gasteiger partial charge in [0.15, 0.2) is 0 Å². The summed E-state index contributed by atoms with van der Waals surface area (Å²) in [6.45, 7) is 3.19. The smallest absolute Gasteiger partial charge is 0.308 e. The summed E-state index contributed by atoms with van der Waals surface area (Å²) in [7, 11) is 1.40. The van der Waals surface area contributed by atoms with E-state index in [9.17, 15) is 14.0 Å². The number of rotatable bonds is 4. The van der Waals surface area contributed by atoms with Crippen LogP contribution in [0, 0.1) is 11.7 Å². The van der Waals surface area contributed by atoms with Crippen molar-refractivity contribution < 1.29 is 18.7 Å². The Morgan fingerprint density at radius 2 is 1.86 bits per heavy atom. The molecule has 0 aromatic heterocycles. The molecule has 1 aliphatic heterocycles. The molecule has 5 nitrogen and oxygen atoms in total. The van der Waals surface area contributed by atoms with Crippen molar-refractivity contribution in [1.82, 2.24) is 4.90 Å². The topological polar surface area (TPSA) is 58.6 Å². The van der Waals surface area contributed by atoms with Gasteiger partial charge >= 0.3 is 5.97 Å². The molecule has 0 bridgehead atoms. The van der Waals surface area contributed by atoms with E-state index in [0.717, 1.165) is 0 Å². The zero-order chi connectivity index (χ0) is 16.1. The fourth-order valence-electron chi connectivity index (χ4n) is 2.63. The lowest BCUT2D eigenvalue weighted by Gasteiger charge is -2.34. The second-order valence-electron chi connectivity index (χ2n) is 5.51. The molecule has 1 amide bonds. The van der Waals surface area contributed by atoms with Crippen molar-refractivity contribution in [2.45, 2.75) is 25.8 Å². The highest BCUT2D eigenvalue weighted by Crippen LogP contribution is 2.20. The number of likely N-dealkylation sites (tertiary alicyclic amines) is 1. The average molecular weight is 308 g/mol. The minimum absolute atomic E-state index is 0.0754. The molecule has 1 fully saturated rings. The first-order valence-electron chi connectivity index (χ1n) is 7.39. The molecule has 1 aliphatic rings. The zero-order valence-corrected chi connectivity index (χ0v) is 12.8. The number of halogens is 1. The predicted octanol–water partition coefficient (Wildman–Crippen LogP) is 2.04. The van der Waals surface area contributed by atoms with Gasteiger partial charge in [0.1, 0.15) is 5.82 Å². The standard InChI is InChI=1S/C16H21FN2O3/c1-11(15(20)18-14-5-3-13(17)4-6-14)19-9-7-12(8-10-19)16(21)22-2/h3-6,11-12H,7-10H2,1-2H3,(H,18,20)/t11-/m0/s1. The Bertz CT molecular complexity index is 525. The maximum atomic E-state index is 12.8. The lowest BCUT2D eigenvalue weighted by atomic mass is 9.96. The van der Waals surface area contributed by atoms with Crippen LogP contribution < -0.4 is 5.32 Å². The lowest BCUT2D eigenvalue weighted by Crippen LogP contribution is -2.47. The number of piperidine rings is 1. The average Bonchev–Trinajstić information content (AvgIpc) is 2.55. The second kappa shape index (κ2) is 7.35. The molecular weight excluding hydrogens is 287 g/mol. The number of hydrogen-bond donors (Lipinski definition) is 1. The van der Waals surface area contributed by atoms with Crippen LogP contribution in [0.5, 0.6) is 0 Å². The number of ether oxygens (including phenoxy) is 1. The maximum absolute atomic E-state index is 12.8. The monoisotopic (exact) mass is 308 g/mol. The van der Waals surface area contributed by atoms with Crippen molar-refractivity contribution in [3.63, 3.8) is 0 Å². The van der Waals surface area contributed by atoms with Crippen LogP contribution >= 0.6 is 0 Å². The molecule has 1 atom stereocenters. The lowest BCUT2D eigenvalue weighted by molar-refractivity contribution is -0.147. The molecule has 2 rings (SSSR count). The molecule has 0 saturated carbocycles. The van der Waals surface area contributed by atoms with Crippen LogP contribution in [-0.2, 0) is 14.3 Å². The summed E-state index contributed by atoms with van der Waals surface area (Å²) in [6, 6.07) is 5.38. The van der Waals surface area contributed by atoms with E-state index in [0.29, 0.717) is 31.6 Å². The molecule has 1 saturated heterocycles. The van der Waals surface area contributed by atoms with Crippen molar-refractivity contribution in [2.24, 2.45) is 5.92 Å². The molecule has 22 heavy (non-hydrogen) atoms. The van der Waals surface area contributed by atoms with E-state index in [-0.39, 0.29) is 29.7 Å². The van der Waals surface area contributed by atoms with Gasteiger partial charge in [-0.1, -0.05) is 0 Å². The molecule has 0 radical (unpaired) electrons. The number of esters is 1. The van der Waals surface area contributed by atoms with Gasteiger partial charge in [-0.3, -0.25) is 14.5 Å². The Kier molecular flexibility index (Phi) is 5.49. The Hall–Kier alpha value is -1.95. The molecule has 1 aromatic rings. The van der Waals surface area contributed by atoms with Gasteiger partial charge in [0.05, 0.1) is 19.1 Å². The van der Waals surface area contributed by atoms with Crippen molar-refractivity contribution >= 4 is 17.6 Å². The van der Waals surface area contributed by atoms with Gasteiger partial charge in [-0.25, -0.2) is 4.39 Å². The number of nitrogens with one attached hydrogen (secondary N) is 1. The fourth-order valence-corrected chi connectivity index (χ4v) is 2.63. The van der Waals surface area contributed by atoms with E-state index in [1.54, 1.807) is 0 Å². The number of methoxy groups -OCH3 is 1. The minimum Gasteiger partial charge on any atom is -0.469 e. The third-order valence-electron chi connectivity index (χ3n) is 4.10. The SMILES string of the molecule is COC(=O)C1CCN([C@@H](C)C(=O)Nc2ccc(F)cc2)CC1. The van der Waals surface area contributed by atoms with Gasteiger partial charge in [0.2, 0.25) is 5.91 Å². The predicted molar refractivity (Wildman–Crippen MR) is 80.8 cm³/mol. The summed E-state index contributed by atoms with van der Waals surface area (Å²) in [5, 5.41) is 2.77. The molecule has 0 aliphatic carbocycles. The molecule has 0 spiro atoms. The zero-order valence-electron chi connectivity index (χ0n) is 12.8. The van der Waals surface area contributed by atoms with E-state index in [4.69, 9.17) is 4.74 Å². The quantitative estimate of drug-likeness (QED) is 0.865. The number of nitrogens with zero attached hydrogens (tertiary/aromatic N) is 1. The van der Waals surface area contributed by atoms with Gasteiger partial charge in [-0.15, -0.1) is 0 Å². The van der Waals surface area contributed by atoms with Crippen LogP contribution in [-0.4, -0.2) is 43.0 Å². The highest BCUT2D eigenvalue weighted by Gasteiger charge is 2.30. The van der Waals surface area contributed by atoms with E-state index >= 15 is 0 Å². The minimum atomic E-state index is -0.337. The third kappa shape index (κ3) is 4.04. The first kappa shape index (κ1) is 16.4. The molecular formula is C16H21FN2O3. The van der Waals surface area contributed by atoms with Gasteiger partial charge in [0, 0.05) is 5.69 Å². The number of carbonyl (C=O) groups is 2. The first-order valence-corrected chi connectivity index (χ1v) is 7.39. The molecule has 120 valence electrons. The molecule has 1 aromatic carbocycles. The highest BCUT2D eigenvalue weighted by molar-refractivity contribution is 5.94. The van der Waals surface area contributed by atoms with Crippen LogP contribution in [0.3, 0.4) is 0 Å². The molecule has 1 heterocycles.